The van der Waals surface area contributed by atoms with E-state index in [9.17, 15) is 0 Å². The van der Waals surface area contributed by atoms with Crippen molar-refractivity contribution in [3.63, 3.8) is 0 Å². The van der Waals surface area contributed by atoms with Crippen LogP contribution in [0.3, 0.4) is 0 Å². The fourth-order valence-electron chi connectivity index (χ4n) is 0.779. The second-order valence-corrected chi connectivity index (χ2v) is 3.02. The van der Waals surface area contributed by atoms with Gasteiger partial charge in [-0.05, 0) is 13.2 Å². The summed E-state index contributed by atoms with van der Waals surface area (Å²) in [6.07, 6.45) is 3.67. The fourth-order valence-corrected chi connectivity index (χ4v) is 1.79. The fraction of sp³-hybridized carbons (Fsp3) is 0.500. The van der Waals surface area contributed by atoms with E-state index in [-0.39, 0.29) is 0 Å². The van der Waals surface area contributed by atoms with E-state index < -0.39 is 0 Å². The second-order valence-electron chi connectivity index (χ2n) is 1.82. The zero-order valence-corrected chi connectivity index (χ0v) is 7.54. The Morgan fingerprint density at radius 1 is 1.80 bits per heavy atom. The largest absolute Gasteiger partial charge is 0.258 e. The zero-order chi connectivity index (χ0) is 7.56. The lowest BCUT2D eigenvalue weighted by Gasteiger charge is -1.99. The molecule has 0 bridgehead atoms. The first-order valence-electron chi connectivity index (χ1n) is 3.05. The van der Waals surface area contributed by atoms with Gasteiger partial charge in [0.1, 0.15) is 5.03 Å². The Bertz CT molecular complexity index is 222. The molecule has 0 saturated carbocycles. The van der Waals surface area contributed by atoms with Crippen LogP contribution < -0.4 is 0 Å². The van der Waals surface area contributed by atoms with Gasteiger partial charge in [0.15, 0.2) is 0 Å². The molecule has 1 aromatic heterocycles. The highest BCUT2D eigenvalue weighted by Crippen LogP contribution is 2.23. The lowest BCUT2D eigenvalue weighted by Crippen LogP contribution is -1.96. The molecule has 0 N–H and O–H groups in total. The van der Waals surface area contributed by atoms with Crippen LogP contribution in [0.4, 0.5) is 0 Å². The number of halogens is 1. The molecule has 2 nitrogen and oxygen atoms in total. The Morgan fingerprint density at radius 3 is 2.90 bits per heavy atom. The third-order valence-electron chi connectivity index (χ3n) is 1.24. The molecule has 0 radical (unpaired) electrons. The van der Waals surface area contributed by atoms with Crippen molar-refractivity contribution in [2.24, 2.45) is 0 Å². The SMILES string of the molecule is CCn1ncc(Cl)c1SC. The van der Waals surface area contributed by atoms with Crippen molar-refractivity contribution < 1.29 is 0 Å². The third-order valence-corrected chi connectivity index (χ3v) is 2.45. The van der Waals surface area contributed by atoms with E-state index in [0.717, 1.165) is 16.6 Å². The molecule has 0 aromatic carbocycles. The van der Waals surface area contributed by atoms with Crippen LogP contribution in [0.1, 0.15) is 6.92 Å². The number of hydrogen-bond donors (Lipinski definition) is 0. The molecule has 0 amide bonds. The zero-order valence-electron chi connectivity index (χ0n) is 5.97. The van der Waals surface area contributed by atoms with Gasteiger partial charge in [0.25, 0.3) is 0 Å². The van der Waals surface area contributed by atoms with Crippen LogP contribution in [0.15, 0.2) is 11.2 Å². The van der Waals surface area contributed by atoms with Gasteiger partial charge in [0, 0.05) is 6.54 Å². The molecule has 0 unspecified atom stereocenters. The maximum Gasteiger partial charge on any atom is 0.112 e. The molecule has 0 aliphatic heterocycles. The lowest BCUT2D eigenvalue weighted by molar-refractivity contribution is 0.606. The quantitative estimate of drug-likeness (QED) is 0.644. The van der Waals surface area contributed by atoms with Crippen LogP contribution >= 0.6 is 23.4 Å². The van der Waals surface area contributed by atoms with Crippen molar-refractivity contribution in [2.75, 3.05) is 6.26 Å². The summed E-state index contributed by atoms with van der Waals surface area (Å²) in [5.74, 6) is 0. The van der Waals surface area contributed by atoms with Gasteiger partial charge >= 0.3 is 0 Å². The van der Waals surface area contributed by atoms with Crippen molar-refractivity contribution in [1.82, 2.24) is 9.78 Å². The molecule has 56 valence electrons. The van der Waals surface area contributed by atoms with E-state index in [1.165, 1.54) is 0 Å². The summed E-state index contributed by atoms with van der Waals surface area (Å²) in [6.45, 7) is 2.92. The second kappa shape index (κ2) is 3.30. The summed E-state index contributed by atoms with van der Waals surface area (Å²) < 4.78 is 1.88. The minimum atomic E-state index is 0.745. The Balaban J connectivity index is 3.01. The maximum absolute atomic E-state index is 5.82. The first-order chi connectivity index (χ1) is 4.79. The van der Waals surface area contributed by atoms with Crippen LogP contribution in [0, 0.1) is 0 Å². The number of aryl methyl sites for hydroxylation is 1. The van der Waals surface area contributed by atoms with Crippen LogP contribution in [0.25, 0.3) is 0 Å². The predicted molar refractivity (Wildman–Crippen MR) is 44.7 cm³/mol. The van der Waals surface area contributed by atoms with E-state index in [0.29, 0.717) is 0 Å². The van der Waals surface area contributed by atoms with Crippen LogP contribution in [0.5, 0.6) is 0 Å². The normalized spacial score (nSPS) is 10.3. The molecule has 4 heteroatoms. The number of thioether (sulfide) groups is 1. The maximum atomic E-state index is 5.82. The minimum Gasteiger partial charge on any atom is -0.258 e. The van der Waals surface area contributed by atoms with Gasteiger partial charge < -0.3 is 0 Å². The predicted octanol–water partition coefficient (Wildman–Crippen LogP) is 2.28. The van der Waals surface area contributed by atoms with E-state index in [1.54, 1.807) is 18.0 Å². The van der Waals surface area contributed by atoms with Crippen LogP contribution in [0.2, 0.25) is 5.02 Å². The topological polar surface area (TPSA) is 17.8 Å². The molecule has 1 aromatic rings. The summed E-state index contributed by atoms with van der Waals surface area (Å²) in [5.41, 5.74) is 0. The van der Waals surface area contributed by atoms with Crippen molar-refractivity contribution in [2.45, 2.75) is 18.5 Å². The summed E-state index contributed by atoms with van der Waals surface area (Å²) in [4.78, 5) is 0. The molecule has 0 atom stereocenters. The van der Waals surface area contributed by atoms with E-state index in [2.05, 4.69) is 5.10 Å². The van der Waals surface area contributed by atoms with E-state index in [1.807, 2.05) is 17.9 Å². The highest BCUT2D eigenvalue weighted by Gasteiger charge is 2.04. The molecule has 0 saturated heterocycles. The van der Waals surface area contributed by atoms with Crippen LogP contribution in [-0.4, -0.2) is 16.0 Å². The smallest absolute Gasteiger partial charge is 0.112 e. The molecular weight excluding hydrogens is 168 g/mol. The minimum absolute atomic E-state index is 0.745. The van der Waals surface area contributed by atoms with Crippen molar-refractivity contribution in [3.8, 4) is 0 Å². The molecule has 0 spiro atoms. The van der Waals surface area contributed by atoms with Gasteiger partial charge in [-0.15, -0.1) is 11.8 Å². The Hall–Kier alpha value is -0.150. The van der Waals surface area contributed by atoms with E-state index >= 15 is 0 Å². The average molecular weight is 177 g/mol. The molecular formula is C6H9ClN2S. The monoisotopic (exact) mass is 176 g/mol. The van der Waals surface area contributed by atoms with Gasteiger partial charge in [0.05, 0.1) is 11.2 Å². The molecule has 10 heavy (non-hydrogen) atoms. The first-order valence-corrected chi connectivity index (χ1v) is 4.65. The Labute approximate surface area is 69.6 Å². The summed E-state index contributed by atoms with van der Waals surface area (Å²) >= 11 is 7.44. The highest BCUT2D eigenvalue weighted by molar-refractivity contribution is 7.98. The number of rotatable bonds is 2. The number of aromatic nitrogens is 2. The molecule has 0 aliphatic carbocycles. The summed E-state index contributed by atoms with van der Waals surface area (Å²) in [6, 6.07) is 0. The van der Waals surface area contributed by atoms with Crippen LogP contribution in [-0.2, 0) is 6.54 Å². The van der Waals surface area contributed by atoms with Gasteiger partial charge in [-0.25, -0.2) is 0 Å². The van der Waals surface area contributed by atoms with Gasteiger partial charge in [-0.3, -0.25) is 4.68 Å². The van der Waals surface area contributed by atoms with Crippen molar-refractivity contribution >= 4 is 23.4 Å². The molecule has 0 fully saturated rings. The molecule has 1 heterocycles. The van der Waals surface area contributed by atoms with Gasteiger partial charge in [-0.2, -0.15) is 5.10 Å². The molecule has 0 aliphatic rings. The highest BCUT2D eigenvalue weighted by atomic mass is 35.5. The average Bonchev–Trinajstić information content (AvgIpc) is 2.30. The summed E-state index contributed by atoms with van der Waals surface area (Å²) in [7, 11) is 0. The van der Waals surface area contributed by atoms with Crippen molar-refractivity contribution in [3.05, 3.63) is 11.2 Å². The lowest BCUT2D eigenvalue weighted by atomic mass is 10.7. The van der Waals surface area contributed by atoms with Gasteiger partial charge in [0.2, 0.25) is 0 Å². The Kier molecular flexibility index (Phi) is 2.63. The molecule has 1 rings (SSSR count). The number of hydrogen-bond acceptors (Lipinski definition) is 2. The third kappa shape index (κ3) is 1.30. The summed E-state index contributed by atoms with van der Waals surface area (Å²) in [5, 5.41) is 5.86. The first kappa shape index (κ1) is 7.95. The van der Waals surface area contributed by atoms with E-state index in [4.69, 9.17) is 11.6 Å². The Morgan fingerprint density at radius 2 is 2.50 bits per heavy atom. The number of nitrogens with zero attached hydrogens (tertiary/aromatic N) is 2. The van der Waals surface area contributed by atoms with Gasteiger partial charge in [-0.1, -0.05) is 11.6 Å². The standard InChI is InChI=1S/C6H9ClN2S/c1-3-9-6(10-2)5(7)4-8-9/h4H,3H2,1-2H3. The van der Waals surface area contributed by atoms with Crippen molar-refractivity contribution in [1.29, 1.82) is 0 Å².